The molecule has 0 aromatic carbocycles. The van der Waals surface area contributed by atoms with Crippen molar-refractivity contribution in [1.29, 1.82) is 0 Å². The molecule has 0 aromatic rings. The van der Waals surface area contributed by atoms with Crippen LogP contribution in [0.5, 0.6) is 0 Å². The third-order valence-electron chi connectivity index (χ3n) is 1.47. The number of allylic oxidation sites excluding steroid dienone is 2. The smallest absolute Gasteiger partial charge is 0.0939 e. The zero-order valence-electron chi connectivity index (χ0n) is 5.80. The van der Waals surface area contributed by atoms with Crippen LogP contribution in [0.25, 0.3) is 0 Å². The van der Waals surface area contributed by atoms with Gasteiger partial charge in [0.25, 0.3) is 0 Å². The van der Waals surface area contributed by atoms with Crippen molar-refractivity contribution in [2.24, 2.45) is 5.73 Å². The first-order valence-corrected chi connectivity index (χ1v) is 3.88. The van der Waals surface area contributed by atoms with Crippen molar-refractivity contribution in [1.82, 2.24) is 0 Å². The summed E-state index contributed by atoms with van der Waals surface area (Å²) in [6.07, 6.45) is 4.71. The molecule has 1 unspecified atom stereocenters. The number of methoxy groups -OCH3 is 1. The lowest BCUT2D eigenvalue weighted by molar-refractivity contribution is 0.137. The lowest BCUT2D eigenvalue weighted by atomic mass is 10.1. The van der Waals surface area contributed by atoms with Gasteiger partial charge >= 0.3 is 0 Å². The van der Waals surface area contributed by atoms with Gasteiger partial charge in [0.2, 0.25) is 0 Å². The van der Waals surface area contributed by atoms with E-state index in [0.29, 0.717) is 0 Å². The SMILES string of the molecule is COC1CC(N)=CC=C1Br. The Bertz CT molecular complexity index is 186. The summed E-state index contributed by atoms with van der Waals surface area (Å²) in [5, 5.41) is 0. The number of rotatable bonds is 1. The van der Waals surface area contributed by atoms with Gasteiger partial charge < -0.3 is 10.5 Å². The van der Waals surface area contributed by atoms with E-state index in [2.05, 4.69) is 15.9 Å². The number of hydrogen-bond donors (Lipinski definition) is 1. The molecule has 0 heterocycles. The first-order chi connectivity index (χ1) is 4.74. The summed E-state index contributed by atoms with van der Waals surface area (Å²) >= 11 is 3.38. The van der Waals surface area contributed by atoms with Gasteiger partial charge in [-0.2, -0.15) is 0 Å². The summed E-state index contributed by atoms with van der Waals surface area (Å²) < 4.78 is 6.20. The molecule has 0 saturated heterocycles. The maximum absolute atomic E-state index is 5.58. The van der Waals surface area contributed by atoms with Gasteiger partial charge in [-0.25, -0.2) is 0 Å². The predicted octanol–water partition coefficient (Wildman–Crippen LogP) is 1.53. The van der Waals surface area contributed by atoms with Crippen molar-refractivity contribution in [2.75, 3.05) is 7.11 Å². The zero-order valence-corrected chi connectivity index (χ0v) is 7.39. The molecule has 3 heteroatoms. The van der Waals surface area contributed by atoms with Crippen molar-refractivity contribution in [3.05, 3.63) is 22.3 Å². The summed E-state index contributed by atoms with van der Waals surface area (Å²) in [5.74, 6) is 0. The molecule has 1 rings (SSSR count). The van der Waals surface area contributed by atoms with Crippen molar-refractivity contribution in [3.8, 4) is 0 Å². The van der Waals surface area contributed by atoms with Crippen LogP contribution in [0.2, 0.25) is 0 Å². The van der Waals surface area contributed by atoms with Gasteiger partial charge in [-0.15, -0.1) is 0 Å². The van der Waals surface area contributed by atoms with E-state index in [4.69, 9.17) is 10.5 Å². The minimum atomic E-state index is 0.116. The highest BCUT2D eigenvalue weighted by Gasteiger charge is 2.14. The fourth-order valence-corrected chi connectivity index (χ4v) is 1.35. The summed E-state index contributed by atoms with van der Waals surface area (Å²) in [4.78, 5) is 0. The van der Waals surface area contributed by atoms with Crippen LogP contribution in [0.15, 0.2) is 22.3 Å². The molecule has 0 saturated carbocycles. The van der Waals surface area contributed by atoms with Crippen LogP contribution in [-0.2, 0) is 4.74 Å². The van der Waals surface area contributed by atoms with E-state index in [9.17, 15) is 0 Å². The second-order valence-corrected chi connectivity index (χ2v) is 3.14. The fourth-order valence-electron chi connectivity index (χ4n) is 0.870. The number of ether oxygens (including phenoxy) is 1. The molecule has 10 heavy (non-hydrogen) atoms. The maximum atomic E-state index is 5.58. The first-order valence-electron chi connectivity index (χ1n) is 3.08. The lowest BCUT2D eigenvalue weighted by Gasteiger charge is -2.17. The van der Waals surface area contributed by atoms with Crippen LogP contribution in [0.3, 0.4) is 0 Å². The Morgan fingerprint density at radius 1 is 1.70 bits per heavy atom. The van der Waals surface area contributed by atoms with Gasteiger partial charge in [0.05, 0.1) is 6.10 Å². The van der Waals surface area contributed by atoms with Crippen molar-refractivity contribution in [2.45, 2.75) is 12.5 Å². The van der Waals surface area contributed by atoms with E-state index in [0.717, 1.165) is 16.6 Å². The quantitative estimate of drug-likeness (QED) is 0.702. The fraction of sp³-hybridized carbons (Fsp3) is 0.429. The molecule has 0 aromatic heterocycles. The molecule has 1 aliphatic carbocycles. The third-order valence-corrected chi connectivity index (χ3v) is 2.24. The number of nitrogens with two attached hydrogens (primary N) is 1. The van der Waals surface area contributed by atoms with E-state index in [1.54, 1.807) is 7.11 Å². The van der Waals surface area contributed by atoms with Gasteiger partial charge in [-0.1, -0.05) is 15.9 Å². The highest BCUT2D eigenvalue weighted by Crippen LogP contribution is 2.22. The minimum Gasteiger partial charge on any atom is -0.402 e. The Morgan fingerprint density at radius 2 is 2.40 bits per heavy atom. The maximum Gasteiger partial charge on any atom is 0.0939 e. The molecule has 0 fully saturated rings. The van der Waals surface area contributed by atoms with Gasteiger partial charge in [0.1, 0.15) is 0 Å². The number of halogens is 1. The average molecular weight is 204 g/mol. The summed E-state index contributed by atoms with van der Waals surface area (Å²) in [6.45, 7) is 0. The molecule has 0 spiro atoms. The molecule has 0 amide bonds. The van der Waals surface area contributed by atoms with E-state index < -0.39 is 0 Å². The third kappa shape index (κ3) is 1.61. The van der Waals surface area contributed by atoms with E-state index in [-0.39, 0.29) is 6.10 Å². The van der Waals surface area contributed by atoms with E-state index in [1.165, 1.54) is 0 Å². The average Bonchev–Trinajstić information content (AvgIpc) is 1.94. The van der Waals surface area contributed by atoms with Crippen molar-refractivity contribution in [3.63, 3.8) is 0 Å². The second kappa shape index (κ2) is 3.21. The zero-order chi connectivity index (χ0) is 7.56. The summed E-state index contributed by atoms with van der Waals surface area (Å²) in [6, 6.07) is 0. The predicted molar refractivity (Wildman–Crippen MR) is 44.7 cm³/mol. The van der Waals surface area contributed by atoms with Gasteiger partial charge in [-0.05, 0) is 12.2 Å². The van der Waals surface area contributed by atoms with E-state index >= 15 is 0 Å². The minimum absolute atomic E-state index is 0.116. The first kappa shape index (κ1) is 7.82. The van der Waals surface area contributed by atoms with Crippen LogP contribution in [0, 0.1) is 0 Å². The standard InChI is InChI=1S/C7H10BrNO/c1-10-7-4-5(9)2-3-6(7)8/h2-3,7H,4,9H2,1H3. The molecule has 1 atom stereocenters. The lowest BCUT2D eigenvalue weighted by Crippen LogP contribution is -2.17. The van der Waals surface area contributed by atoms with Crippen LogP contribution in [-0.4, -0.2) is 13.2 Å². The molecule has 0 bridgehead atoms. The summed E-state index contributed by atoms with van der Waals surface area (Å²) in [5.41, 5.74) is 6.45. The van der Waals surface area contributed by atoms with Gasteiger partial charge in [-0.3, -0.25) is 0 Å². The Kier molecular flexibility index (Phi) is 2.51. The Balaban J connectivity index is 2.68. The van der Waals surface area contributed by atoms with Gasteiger partial charge in [0, 0.05) is 23.7 Å². The molecular weight excluding hydrogens is 194 g/mol. The normalized spacial score (nSPS) is 25.6. The van der Waals surface area contributed by atoms with Crippen LogP contribution in [0.1, 0.15) is 6.42 Å². The molecule has 0 aliphatic heterocycles. The van der Waals surface area contributed by atoms with Crippen molar-refractivity contribution >= 4 is 15.9 Å². The van der Waals surface area contributed by atoms with Gasteiger partial charge in [0.15, 0.2) is 0 Å². The topological polar surface area (TPSA) is 35.2 Å². The Hall–Kier alpha value is -0.280. The van der Waals surface area contributed by atoms with E-state index in [1.807, 2.05) is 12.2 Å². The van der Waals surface area contributed by atoms with Crippen molar-refractivity contribution < 1.29 is 4.74 Å². The highest BCUT2D eigenvalue weighted by atomic mass is 79.9. The largest absolute Gasteiger partial charge is 0.402 e. The van der Waals surface area contributed by atoms with Crippen LogP contribution >= 0.6 is 15.9 Å². The highest BCUT2D eigenvalue weighted by molar-refractivity contribution is 9.11. The van der Waals surface area contributed by atoms with Crippen LogP contribution in [0.4, 0.5) is 0 Å². The summed E-state index contributed by atoms with van der Waals surface area (Å²) in [7, 11) is 1.68. The molecule has 0 radical (unpaired) electrons. The monoisotopic (exact) mass is 203 g/mol. The second-order valence-electron chi connectivity index (χ2n) is 2.22. The van der Waals surface area contributed by atoms with Crippen LogP contribution < -0.4 is 5.73 Å². The molecular formula is C7H10BrNO. The molecule has 1 aliphatic rings. The molecule has 2 N–H and O–H groups in total. The Labute approximate surface area is 68.9 Å². The number of hydrogen-bond acceptors (Lipinski definition) is 2. The Morgan fingerprint density at radius 3 is 2.90 bits per heavy atom. The molecule has 56 valence electrons. The molecule has 2 nitrogen and oxygen atoms in total.